The van der Waals surface area contributed by atoms with Crippen molar-refractivity contribution < 1.29 is 4.79 Å². The minimum atomic E-state index is 0.704. The Balaban J connectivity index is 1.92. The van der Waals surface area contributed by atoms with Gasteiger partial charge in [-0.05, 0) is 24.5 Å². The third-order valence-corrected chi connectivity index (χ3v) is 3.13. The van der Waals surface area contributed by atoms with Crippen LogP contribution in [-0.2, 0) is 6.42 Å². The summed E-state index contributed by atoms with van der Waals surface area (Å²) in [7, 11) is 0. The molecule has 1 fully saturated rings. The van der Waals surface area contributed by atoms with Gasteiger partial charge in [-0.1, -0.05) is 32.1 Å². The summed E-state index contributed by atoms with van der Waals surface area (Å²) in [5.74, 6) is 0.835. The average molecular weight is 191 g/mol. The number of carbonyl (C=O) groups is 1. The van der Waals surface area contributed by atoms with Gasteiger partial charge in [0.25, 0.3) is 0 Å². The van der Waals surface area contributed by atoms with Crippen molar-refractivity contribution in [2.45, 2.75) is 38.5 Å². The second kappa shape index (κ2) is 4.45. The van der Waals surface area contributed by atoms with E-state index in [1.54, 1.807) is 0 Å². The Hall–Kier alpha value is -1.05. The second-order valence-corrected chi connectivity index (χ2v) is 4.26. The van der Waals surface area contributed by atoms with E-state index < -0.39 is 0 Å². The third kappa shape index (κ3) is 2.25. The Morgan fingerprint density at radius 3 is 2.71 bits per heavy atom. The quantitative estimate of drug-likeness (QED) is 0.732. The molecule has 1 aromatic heterocycles. The molecule has 1 saturated carbocycles. The minimum Gasteiger partial charge on any atom is -0.356 e. The molecule has 0 radical (unpaired) electrons. The van der Waals surface area contributed by atoms with E-state index in [1.807, 2.05) is 12.1 Å². The SMILES string of the molecule is O=Cc1ccc(CC2CCCCC2)[nH]1. The standard InChI is InChI=1S/C12H17NO/c14-9-12-7-6-11(13-12)8-10-4-2-1-3-5-10/h6-7,9-10,13H,1-5,8H2. The normalized spacial score (nSPS) is 18.3. The Bertz CT molecular complexity index is 297. The lowest BCUT2D eigenvalue weighted by Crippen LogP contribution is -2.09. The summed E-state index contributed by atoms with van der Waals surface area (Å²) in [4.78, 5) is 13.6. The van der Waals surface area contributed by atoms with Crippen molar-refractivity contribution in [3.8, 4) is 0 Å². The van der Waals surface area contributed by atoms with E-state index in [-0.39, 0.29) is 0 Å². The lowest BCUT2D eigenvalue weighted by atomic mass is 9.86. The van der Waals surface area contributed by atoms with E-state index in [9.17, 15) is 4.79 Å². The summed E-state index contributed by atoms with van der Waals surface area (Å²) in [6.07, 6.45) is 8.88. The lowest BCUT2D eigenvalue weighted by Gasteiger charge is -2.20. The predicted octanol–water partition coefficient (Wildman–Crippen LogP) is 2.95. The van der Waals surface area contributed by atoms with Crippen LogP contribution in [0.15, 0.2) is 12.1 Å². The summed E-state index contributed by atoms with van der Waals surface area (Å²) < 4.78 is 0. The maximum atomic E-state index is 10.5. The summed E-state index contributed by atoms with van der Waals surface area (Å²) >= 11 is 0. The van der Waals surface area contributed by atoms with Crippen molar-refractivity contribution in [2.75, 3.05) is 0 Å². The molecular formula is C12H17NO. The first-order valence-electron chi connectivity index (χ1n) is 5.51. The molecule has 0 unspecified atom stereocenters. The molecule has 76 valence electrons. The molecule has 1 N–H and O–H groups in total. The molecule has 1 aliphatic rings. The highest BCUT2D eigenvalue weighted by Crippen LogP contribution is 2.26. The first-order chi connectivity index (χ1) is 6.88. The fourth-order valence-corrected chi connectivity index (χ4v) is 2.35. The molecule has 0 amide bonds. The van der Waals surface area contributed by atoms with Gasteiger partial charge in [0, 0.05) is 5.69 Å². The number of hydrogen-bond donors (Lipinski definition) is 1. The van der Waals surface area contributed by atoms with Crippen LogP contribution < -0.4 is 0 Å². The van der Waals surface area contributed by atoms with Crippen molar-refractivity contribution in [3.05, 3.63) is 23.5 Å². The van der Waals surface area contributed by atoms with Crippen molar-refractivity contribution >= 4 is 6.29 Å². The zero-order valence-corrected chi connectivity index (χ0v) is 8.46. The molecule has 0 aliphatic heterocycles. The third-order valence-electron chi connectivity index (χ3n) is 3.13. The van der Waals surface area contributed by atoms with Crippen molar-refractivity contribution in [3.63, 3.8) is 0 Å². The summed E-state index contributed by atoms with van der Waals surface area (Å²) in [6, 6.07) is 3.91. The zero-order valence-electron chi connectivity index (χ0n) is 8.46. The minimum absolute atomic E-state index is 0.704. The molecule has 1 heterocycles. The highest BCUT2D eigenvalue weighted by molar-refractivity contribution is 5.71. The number of rotatable bonds is 3. The maximum absolute atomic E-state index is 10.5. The summed E-state index contributed by atoms with van der Waals surface area (Å²) in [5, 5.41) is 0. The summed E-state index contributed by atoms with van der Waals surface area (Å²) in [5.41, 5.74) is 1.93. The Kier molecular flexibility index (Phi) is 3.02. The predicted molar refractivity (Wildman–Crippen MR) is 56.5 cm³/mol. The number of aromatic nitrogens is 1. The topological polar surface area (TPSA) is 32.9 Å². The monoisotopic (exact) mass is 191 g/mol. The van der Waals surface area contributed by atoms with Crippen LogP contribution in [-0.4, -0.2) is 11.3 Å². The van der Waals surface area contributed by atoms with Crippen LogP contribution in [0.2, 0.25) is 0 Å². The summed E-state index contributed by atoms with van der Waals surface area (Å²) in [6.45, 7) is 0. The Labute approximate surface area is 84.7 Å². The number of hydrogen-bond acceptors (Lipinski definition) is 1. The van der Waals surface area contributed by atoms with Crippen molar-refractivity contribution in [1.82, 2.24) is 4.98 Å². The first-order valence-corrected chi connectivity index (χ1v) is 5.51. The number of aromatic amines is 1. The van der Waals surface area contributed by atoms with Gasteiger partial charge in [-0.25, -0.2) is 0 Å². The van der Waals surface area contributed by atoms with E-state index in [1.165, 1.54) is 37.8 Å². The number of carbonyl (C=O) groups excluding carboxylic acids is 1. The molecular weight excluding hydrogens is 174 g/mol. The number of H-pyrrole nitrogens is 1. The van der Waals surface area contributed by atoms with Crippen LogP contribution in [0, 0.1) is 5.92 Å². The fourth-order valence-electron chi connectivity index (χ4n) is 2.35. The molecule has 2 nitrogen and oxygen atoms in total. The van der Waals surface area contributed by atoms with Gasteiger partial charge in [-0.2, -0.15) is 0 Å². The first kappa shape index (κ1) is 9.50. The number of nitrogens with one attached hydrogen (secondary N) is 1. The van der Waals surface area contributed by atoms with E-state index in [0.29, 0.717) is 5.69 Å². The van der Waals surface area contributed by atoms with Crippen LogP contribution in [0.3, 0.4) is 0 Å². The molecule has 1 aliphatic carbocycles. The molecule has 2 rings (SSSR count). The van der Waals surface area contributed by atoms with Crippen LogP contribution in [0.1, 0.15) is 48.3 Å². The molecule has 14 heavy (non-hydrogen) atoms. The Morgan fingerprint density at radius 1 is 1.29 bits per heavy atom. The largest absolute Gasteiger partial charge is 0.356 e. The van der Waals surface area contributed by atoms with Gasteiger partial charge in [-0.3, -0.25) is 4.79 Å². The molecule has 0 bridgehead atoms. The van der Waals surface area contributed by atoms with E-state index in [2.05, 4.69) is 4.98 Å². The van der Waals surface area contributed by atoms with Gasteiger partial charge in [0.15, 0.2) is 6.29 Å². The highest BCUT2D eigenvalue weighted by Gasteiger charge is 2.14. The Morgan fingerprint density at radius 2 is 2.07 bits per heavy atom. The molecule has 0 saturated heterocycles. The van der Waals surface area contributed by atoms with Crippen LogP contribution in [0.5, 0.6) is 0 Å². The smallest absolute Gasteiger partial charge is 0.166 e. The lowest BCUT2D eigenvalue weighted by molar-refractivity contribution is 0.111. The average Bonchev–Trinajstić information content (AvgIpc) is 2.67. The van der Waals surface area contributed by atoms with Crippen LogP contribution in [0.4, 0.5) is 0 Å². The maximum Gasteiger partial charge on any atom is 0.166 e. The van der Waals surface area contributed by atoms with Gasteiger partial charge >= 0.3 is 0 Å². The molecule has 0 atom stereocenters. The zero-order chi connectivity index (χ0) is 9.80. The number of aldehydes is 1. The van der Waals surface area contributed by atoms with Gasteiger partial charge < -0.3 is 4.98 Å². The second-order valence-electron chi connectivity index (χ2n) is 4.26. The van der Waals surface area contributed by atoms with Gasteiger partial charge in [0.1, 0.15) is 0 Å². The van der Waals surface area contributed by atoms with Crippen molar-refractivity contribution in [2.24, 2.45) is 5.92 Å². The molecule has 0 aromatic carbocycles. The van der Waals surface area contributed by atoms with Gasteiger partial charge in [-0.15, -0.1) is 0 Å². The van der Waals surface area contributed by atoms with E-state index >= 15 is 0 Å². The fraction of sp³-hybridized carbons (Fsp3) is 0.583. The van der Waals surface area contributed by atoms with Gasteiger partial charge in [0.2, 0.25) is 0 Å². The molecule has 1 aromatic rings. The van der Waals surface area contributed by atoms with Crippen molar-refractivity contribution in [1.29, 1.82) is 0 Å². The highest BCUT2D eigenvalue weighted by atomic mass is 16.1. The van der Waals surface area contributed by atoms with Crippen LogP contribution in [0.25, 0.3) is 0 Å². The molecule has 0 spiro atoms. The molecule has 2 heteroatoms. The van der Waals surface area contributed by atoms with Gasteiger partial charge in [0.05, 0.1) is 5.69 Å². The van der Waals surface area contributed by atoms with Crippen LogP contribution >= 0.6 is 0 Å². The van der Waals surface area contributed by atoms with E-state index in [0.717, 1.165) is 18.6 Å². The van der Waals surface area contributed by atoms with E-state index in [4.69, 9.17) is 0 Å².